The fraction of sp³-hybridized carbons (Fsp3) is 0. The van der Waals surface area contributed by atoms with Gasteiger partial charge in [0, 0.05) is 16.6 Å². The van der Waals surface area contributed by atoms with Crippen LogP contribution in [0.2, 0.25) is 0 Å². The third-order valence-corrected chi connectivity index (χ3v) is 3.54. The summed E-state index contributed by atoms with van der Waals surface area (Å²) < 4.78 is 0. The molecule has 0 atom stereocenters. The van der Waals surface area contributed by atoms with Crippen LogP contribution in [0.15, 0.2) is 53.9 Å². The summed E-state index contributed by atoms with van der Waals surface area (Å²) in [5.74, 6) is -0.388. The molecule has 0 aliphatic rings. The molecule has 1 aromatic heterocycles. The molecule has 8 heteroatoms. The van der Waals surface area contributed by atoms with E-state index in [1.54, 1.807) is 30.3 Å². The van der Waals surface area contributed by atoms with Crippen LogP contribution in [0.5, 0.6) is 0 Å². The monoisotopic (exact) mass is 346 g/mol. The van der Waals surface area contributed by atoms with Crippen molar-refractivity contribution in [2.75, 3.05) is 5.32 Å². The zero-order valence-corrected chi connectivity index (χ0v) is 13.5. The van der Waals surface area contributed by atoms with Gasteiger partial charge < -0.3 is 5.32 Å². The lowest BCUT2D eigenvalue weighted by atomic mass is 10.3. The highest BCUT2D eigenvalue weighted by Crippen LogP contribution is 2.09. The van der Waals surface area contributed by atoms with Crippen LogP contribution in [0.4, 0.5) is 10.5 Å². The smallest absolute Gasteiger partial charge is 0.307 e. The Morgan fingerprint density at radius 2 is 1.83 bits per heavy atom. The second kappa shape index (κ2) is 8.66. The Morgan fingerprint density at radius 1 is 1.04 bits per heavy atom. The van der Waals surface area contributed by atoms with Crippen molar-refractivity contribution in [3.05, 3.63) is 58.8 Å². The standard InChI is InChI=1S/C15H14N4O2S2/c20-13(9-8-12-7-4-10-23-12)17-15(22)19-18-14(21)16-11-5-2-1-3-6-11/h1-10H,(H2,16,18,21)(H2,17,19,20,22)/b9-8+. The van der Waals surface area contributed by atoms with Crippen LogP contribution in [0.25, 0.3) is 6.08 Å². The van der Waals surface area contributed by atoms with Gasteiger partial charge in [-0.3, -0.25) is 15.5 Å². The number of benzene rings is 1. The average molecular weight is 346 g/mol. The van der Waals surface area contributed by atoms with Crippen LogP contribution in [-0.2, 0) is 4.79 Å². The minimum Gasteiger partial charge on any atom is -0.307 e. The summed E-state index contributed by atoms with van der Waals surface area (Å²) in [6, 6.07) is 12.2. The number of rotatable bonds is 3. The predicted octanol–water partition coefficient (Wildman–Crippen LogP) is 2.49. The highest BCUT2D eigenvalue weighted by molar-refractivity contribution is 7.80. The number of thiophene rings is 1. The molecule has 6 nitrogen and oxygen atoms in total. The Labute approximate surface area is 142 Å². The van der Waals surface area contributed by atoms with Crippen molar-refractivity contribution >= 4 is 52.4 Å². The molecule has 4 N–H and O–H groups in total. The maximum Gasteiger partial charge on any atom is 0.337 e. The van der Waals surface area contributed by atoms with Crippen molar-refractivity contribution in [2.24, 2.45) is 0 Å². The zero-order valence-electron chi connectivity index (χ0n) is 11.9. The minimum atomic E-state index is -0.498. The van der Waals surface area contributed by atoms with Crippen LogP contribution < -0.4 is 21.5 Å². The van der Waals surface area contributed by atoms with Gasteiger partial charge in [-0.1, -0.05) is 24.3 Å². The molecule has 0 saturated heterocycles. The van der Waals surface area contributed by atoms with E-state index in [-0.39, 0.29) is 11.0 Å². The van der Waals surface area contributed by atoms with E-state index in [2.05, 4.69) is 21.5 Å². The van der Waals surface area contributed by atoms with E-state index < -0.39 is 6.03 Å². The molecule has 0 aliphatic heterocycles. The quantitative estimate of drug-likeness (QED) is 0.391. The first-order chi connectivity index (χ1) is 11.1. The number of carbonyl (C=O) groups excluding carboxylic acids is 2. The van der Waals surface area contributed by atoms with Crippen molar-refractivity contribution in [3.8, 4) is 0 Å². The van der Waals surface area contributed by atoms with Crippen LogP contribution in [0.3, 0.4) is 0 Å². The lowest BCUT2D eigenvalue weighted by Gasteiger charge is -2.10. The molecule has 0 unspecified atom stereocenters. The number of hydrazine groups is 1. The summed E-state index contributed by atoms with van der Waals surface area (Å²) in [6.45, 7) is 0. The SMILES string of the molecule is O=C(/C=C/c1cccs1)NC(=S)NNC(=O)Nc1ccccc1. The Kier molecular flexibility index (Phi) is 6.28. The number of amides is 3. The van der Waals surface area contributed by atoms with Crippen molar-refractivity contribution in [3.63, 3.8) is 0 Å². The lowest BCUT2D eigenvalue weighted by Crippen LogP contribution is -2.49. The molecule has 23 heavy (non-hydrogen) atoms. The molecule has 2 rings (SSSR count). The average Bonchev–Trinajstić information content (AvgIpc) is 3.05. The second-order valence-corrected chi connectivity index (χ2v) is 5.62. The van der Waals surface area contributed by atoms with Gasteiger partial charge in [0.05, 0.1) is 0 Å². The fourth-order valence-corrected chi connectivity index (χ4v) is 2.30. The molecule has 0 radical (unpaired) electrons. The highest BCUT2D eigenvalue weighted by atomic mass is 32.1. The zero-order chi connectivity index (χ0) is 16.5. The van der Waals surface area contributed by atoms with Crippen molar-refractivity contribution < 1.29 is 9.59 Å². The van der Waals surface area contributed by atoms with Crippen LogP contribution in [0.1, 0.15) is 4.88 Å². The molecular weight excluding hydrogens is 332 g/mol. The highest BCUT2D eigenvalue weighted by Gasteiger charge is 2.03. The van der Waals surface area contributed by atoms with Gasteiger partial charge in [0.1, 0.15) is 0 Å². The van der Waals surface area contributed by atoms with Crippen LogP contribution >= 0.6 is 23.6 Å². The summed E-state index contributed by atoms with van der Waals surface area (Å²) >= 11 is 6.43. The van der Waals surface area contributed by atoms with E-state index in [4.69, 9.17) is 12.2 Å². The number of nitrogens with one attached hydrogen (secondary N) is 4. The molecule has 2 aromatic rings. The first-order valence-corrected chi connectivity index (χ1v) is 7.87. The number of hydrogen-bond donors (Lipinski definition) is 4. The third-order valence-electron chi connectivity index (χ3n) is 2.50. The van der Waals surface area contributed by atoms with E-state index in [0.29, 0.717) is 5.69 Å². The number of urea groups is 1. The molecule has 118 valence electrons. The summed E-state index contributed by atoms with van der Waals surface area (Å²) in [4.78, 5) is 24.2. The molecule has 0 spiro atoms. The largest absolute Gasteiger partial charge is 0.337 e. The van der Waals surface area contributed by atoms with Gasteiger partial charge in [0.15, 0.2) is 5.11 Å². The molecular formula is C15H14N4O2S2. The van der Waals surface area contributed by atoms with Gasteiger partial charge >= 0.3 is 6.03 Å². The van der Waals surface area contributed by atoms with E-state index >= 15 is 0 Å². The van der Waals surface area contributed by atoms with Gasteiger partial charge in [-0.05, 0) is 41.9 Å². The number of para-hydroxylation sites is 1. The molecule has 3 amide bonds. The van der Waals surface area contributed by atoms with Gasteiger partial charge in [-0.15, -0.1) is 11.3 Å². The van der Waals surface area contributed by atoms with Gasteiger partial charge in [0.25, 0.3) is 0 Å². The molecule has 0 fully saturated rings. The Bertz CT molecular complexity index is 700. The fourth-order valence-electron chi connectivity index (χ4n) is 1.53. The van der Waals surface area contributed by atoms with Crippen molar-refractivity contribution in [2.45, 2.75) is 0 Å². The molecule has 1 heterocycles. The summed E-state index contributed by atoms with van der Waals surface area (Å²) in [5, 5.41) is 6.93. The van der Waals surface area contributed by atoms with Gasteiger partial charge in [0.2, 0.25) is 5.91 Å². The van der Waals surface area contributed by atoms with Gasteiger partial charge in [-0.2, -0.15) is 0 Å². The van der Waals surface area contributed by atoms with E-state index in [1.165, 1.54) is 17.4 Å². The summed E-state index contributed by atoms with van der Waals surface area (Å²) in [5.41, 5.74) is 5.40. The number of anilines is 1. The molecule has 1 aromatic carbocycles. The molecule has 0 aliphatic carbocycles. The second-order valence-electron chi connectivity index (χ2n) is 4.24. The normalized spacial score (nSPS) is 10.1. The van der Waals surface area contributed by atoms with Crippen LogP contribution in [0, 0.1) is 0 Å². The maximum absolute atomic E-state index is 11.6. The van der Waals surface area contributed by atoms with E-state index in [1.807, 2.05) is 23.6 Å². The number of hydrogen-bond acceptors (Lipinski definition) is 4. The number of carbonyl (C=O) groups is 2. The Morgan fingerprint density at radius 3 is 2.52 bits per heavy atom. The summed E-state index contributed by atoms with van der Waals surface area (Å²) in [7, 11) is 0. The van der Waals surface area contributed by atoms with Gasteiger partial charge in [-0.25, -0.2) is 10.2 Å². The minimum absolute atomic E-state index is 0.00552. The molecule has 0 saturated carbocycles. The number of thiocarbonyl (C=S) groups is 1. The first kappa shape index (κ1) is 16.7. The maximum atomic E-state index is 11.6. The third kappa shape index (κ3) is 6.29. The predicted molar refractivity (Wildman–Crippen MR) is 95.8 cm³/mol. The summed E-state index contributed by atoms with van der Waals surface area (Å²) in [6.07, 6.45) is 3.04. The van der Waals surface area contributed by atoms with Crippen LogP contribution in [-0.4, -0.2) is 17.1 Å². The first-order valence-electron chi connectivity index (χ1n) is 6.58. The lowest BCUT2D eigenvalue weighted by molar-refractivity contribution is -0.115. The Hall–Kier alpha value is -2.71. The van der Waals surface area contributed by atoms with E-state index in [0.717, 1.165) is 4.88 Å². The molecule has 0 bridgehead atoms. The van der Waals surface area contributed by atoms with Crippen molar-refractivity contribution in [1.29, 1.82) is 0 Å². The topological polar surface area (TPSA) is 82.3 Å². The Balaban J connectivity index is 1.70. The van der Waals surface area contributed by atoms with Crippen molar-refractivity contribution in [1.82, 2.24) is 16.2 Å². The van der Waals surface area contributed by atoms with E-state index in [9.17, 15) is 9.59 Å².